The summed E-state index contributed by atoms with van der Waals surface area (Å²) < 4.78 is 5.50. The van der Waals surface area contributed by atoms with Crippen LogP contribution in [0.5, 0.6) is 5.88 Å². The Kier molecular flexibility index (Phi) is 2.13. The Labute approximate surface area is 75.7 Å². The van der Waals surface area contributed by atoms with E-state index >= 15 is 0 Å². The van der Waals surface area contributed by atoms with Crippen LogP contribution in [0, 0.1) is 0 Å². The van der Waals surface area contributed by atoms with Crippen molar-refractivity contribution < 1.29 is 4.74 Å². The van der Waals surface area contributed by atoms with Gasteiger partial charge in [0.15, 0.2) is 0 Å². The van der Waals surface area contributed by atoms with E-state index in [1.165, 1.54) is 6.42 Å². The molecule has 0 bridgehead atoms. The summed E-state index contributed by atoms with van der Waals surface area (Å²) in [4.78, 5) is 7.69. The Morgan fingerprint density at radius 2 is 2.33 bits per heavy atom. The zero-order valence-electron chi connectivity index (χ0n) is 6.53. The highest BCUT2D eigenvalue weighted by Gasteiger charge is 2.19. The van der Waals surface area contributed by atoms with Gasteiger partial charge in [-0.15, -0.1) is 0 Å². The second kappa shape index (κ2) is 3.27. The molecule has 0 saturated heterocycles. The van der Waals surface area contributed by atoms with Crippen molar-refractivity contribution >= 4 is 11.6 Å². The standard InChI is InChI=1S/C8H9ClN2O/c9-8-10-5-4-7(11-8)12-6-2-1-3-6/h4-6H,1-3H2. The van der Waals surface area contributed by atoms with E-state index in [2.05, 4.69) is 9.97 Å². The maximum atomic E-state index is 5.59. The number of ether oxygens (including phenoxy) is 1. The minimum atomic E-state index is 0.242. The molecule has 0 amide bonds. The number of rotatable bonds is 2. The lowest BCUT2D eigenvalue weighted by atomic mass is 9.96. The molecular weight excluding hydrogens is 176 g/mol. The molecule has 1 fully saturated rings. The summed E-state index contributed by atoms with van der Waals surface area (Å²) in [6.07, 6.45) is 5.45. The average Bonchev–Trinajstić information content (AvgIpc) is 1.97. The van der Waals surface area contributed by atoms with E-state index in [0.717, 1.165) is 12.8 Å². The molecule has 0 atom stereocenters. The van der Waals surface area contributed by atoms with Crippen molar-refractivity contribution in [1.82, 2.24) is 9.97 Å². The van der Waals surface area contributed by atoms with Gasteiger partial charge in [0.05, 0.1) is 0 Å². The van der Waals surface area contributed by atoms with Crippen molar-refractivity contribution in [3.63, 3.8) is 0 Å². The number of halogens is 1. The molecule has 1 saturated carbocycles. The van der Waals surface area contributed by atoms with E-state index < -0.39 is 0 Å². The normalized spacial score (nSPS) is 17.1. The number of hydrogen-bond acceptors (Lipinski definition) is 3. The second-order valence-electron chi connectivity index (χ2n) is 2.83. The Balaban J connectivity index is 2.02. The molecule has 0 aliphatic heterocycles. The Bertz CT molecular complexity index is 276. The fraction of sp³-hybridized carbons (Fsp3) is 0.500. The summed E-state index contributed by atoms with van der Waals surface area (Å²) in [6, 6.07) is 1.73. The lowest BCUT2D eigenvalue weighted by molar-refractivity contribution is 0.114. The van der Waals surface area contributed by atoms with Crippen molar-refractivity contribution in [2.75, 3.05) is 0 Å². The molecule has 0 aromatic carbocycles. The monoisotopic (exact) mass is 184 g/mol. The summed E-state index contributed by atoms with van der Waals surface area (Å²) in [5, 5.41) is 0.242. The largest absolute Gasteiger partial charge is 0.474 e. The zero-order valence-corrected chi connectivity index (χ0v) is 7.29. The zero-order chi connectivity index (χ0) is 8.39. The molecule has 12 heavy (non-hydrogen) atoms. The summed E-state index contributed by atoms with van der Waals surface area (Å²) in [5.74, 6) is 0.583. The molecule has 0 unspecified atom stereocenters. The van der Waals surface area contributed by atoms with E-state index in [1.54, 1.807) is 12.3 Å². The molecule has 64 valence electrons. The summed E-state index contributed by atoms with van der Waals surface area (Å²) in [7, 11) is 0. The van der Waals surface area contributed by atoms with Crippen LogP contribution in [0.3, 0.4) is 0 Å². The number of aromatic nitrogens is 2. The molecule has 0 spiro atoms. The molecular formula is C8H9ClN2O. The van der Waals surface area contributed by atoms with E-state index in [-0.39, 0.29) is 5.28 Å². The van der Waals surface area contributed by atoms with Crippen LogP contribution in [0.1, 0.15) is 19.3 Å². The van der Waals surface area contributed by atoms with Gasteiger partial charge in [0.1, 0.15) is 6.10 Å². The van der Waals surface area contributed by atoms with Crippen molar-refractivity contribution in [1.29, 1.82) is 0 Å². The van der Waals surface area contributed by atoms with Crippen molar-refractivity contribution in [3.05, 3.63) is 17.5 Å². The molecule has 1 heterocycles. The highest BCUT2D eigenvalue weighted by molar-refractivity contribution is 6.28. The molecule has 1 aliphatic carbocycles. The molecule has 1 aliphatic rings. The fourth-order valence-electron chi connectivity index (χ4n) is 1.04. The van der Waals surface area contributed by atoms with Crippen LogP contribution in [0.15, 0.2) is 12.3 Å². The van der Waals surface area contributed by atoms with Crippen LogP contribution < -0.4 is 4.74 Å². The number of hydrogen-bond donors (Lipinski definition) is 0. The van der Waals surface area contributed by atoms with Crippen LogP contribution in [-0.2, 0) is 0 Å². The smallest absolute Gasteiger partial charge is 0.225 e. The molecule has 2 rings (SSSR count). The van der Waals surface area contributed by atoms with Gasteiger partial charge in [-0.2, -0.15) is 4.98 Å². The molecule has 0 radical (unpaired) electrons. The van der Waals surface area contributed by atoms with E-state index in [0.29, 0.717) is 12.0 Å². The van der Waals surface area contributed by atoms with Crippen LogP contribution in [0.25, 0.3) is 0 Å². The van der Waals surface area contributed by atoms with Gasteiger partial charge in [0.25, 0.3) is 0 Å². The van der Waals surface area contributed by atoms with Gasteiger partial charge in [0.2, 0.25) is 11.2 Å². The summed E-state index contributed by atoms with van der Waals surface area (Å²) in [6.45, 7) is 0. The lowest BCUT2D eigenvalue weighted by Crippen LogP contribution is -2.24. The maximum Gasteiger partial charge on any atom is 0.225 e. The molecule has 0 N–H and O–H groups in total. The molecule has 1 aromatic heterocycles. The van der Waals surface area contributed by atoms with E-state index in [1.807, 2.05) is 0 Å². The third-order valence-corrected chi connectivity index (χ3v) is 2.12. The third-order valence-electron chi connectivity index (χ3n) is 1.94. The topological polar surface area (TPSA) is 35.0 Å². The summed E-state index contributed by atoms with van der Waals surface area (Å²) in [5.41, 5.74) is 0. The highest BCUT2D eigenvalue weighted by Crippen LogP contribution is 2.23. The first-order chi connectivity index (χ1) is 5.84. The Hall–Kier alpha value is -0.830. The predicted molar refractivity (Wildman–Crippen MR) is 45.3 cm³/mol. The van der Waals surface area contributed by atoms with Crippen LogP contribution >= 0.6 is 11.6 Å². The summed E-state index contributed by atoms with van der Waals surface area (Å²) >= 11 is 5.59. The first kappa shape index (κ1) is 7.80. The Morgan fingerprint density at radius 3 is 2.92 bits per heavy atom. The van der Waals surface area contributed by atoms with Crippen molar-refractivity contribution in [3.8, 4) is 5.88 Å². The second-order valence-corrected chi connectivity index (χ2v) is 3.17. The van der Waals surface area contributed by atoms with Gasteiger partial charge < -0.3 is 4.74 Å². The van der Waals surface area contributed by atoms with Crippen LogP contribution in [0.2, 0.25) is 5.28 Å². The molecule has 4 heteroatoms. The minimum Gasteiger partial charge on any atom is -0.474 e. The predicted octanol–water partition coefficient (Wildman–Crippen LogP) is 2.06. The van der Waals surface area contributed by atoms with Gasteiger partial charge in [-0.25, -0.2) is 4.98 Å². The van der Waals surface area contributed by atoms with Crippen LogP contribution in [-0.4, -0.2) is 16.1 Å². The fourth-order valence-corrected chi connectivity index (χ4v) is 1.18. The van der Waals surface area contributed by atoms with Gasteiger partial charge in [-0.05, 0) is 30.9 Å². The van der Waals surface area contributed by atoms with E-state index in [9.17, 15) is 0 Å². The third kappa shape index (κ3) is 1.67. The molecule has 1 aromatic rings. The van der Waals surface area contributed by atoms with Gasteiger partial charge >= 0.3 is 0 Å². The SMILES string of the molecule is Clc1nccc(OC2CCC2)n1. The van der Waals surface area contributed by atoms with Crippen molar-refractivity contribution in [2.24, 2.45) is 0 Å². The van der Waals surface area contributed by atoms with Gasteiger partial charge in [-0.3, -0.25) is 0 Å². The highest BCUT2D eigenvalue weighted by atomic mass is 35.5. The lowest BCUT2D eigenvalue weighted by Gasteiger charge is -2.25. The van der Waals surface area contributed by atoms with Crippen molar-refractivity contribution in [2.45, 2.75) is 25.4 Å². The minimum absolute atomic E-state index is 0.242. The first-order valence-corrected chi connectivity index (χ1v) is 4.37. The van der Waals surface area contributed by atoms with Crippen LogP contribution in [0.4, 0.5) is 0 Å². The van der Waals surface area contributed by atoms with Gasteiger partial charge in [-0.1, -0.05) is 0 Å². The number of nitrogens with zero attached hydrogens (tertiary/aromatic N) is 2. The van der Waals surface area contributed by atoms with Gasteiger partial charge in [0, 0.05) is 12.3 Å². The molecule has 3 nitrogen and oxygen atoms in total. The first-order valence-electron chi connectivity index (χ1n) is 4.00. The maximum absolute atomic E-state index is 5.59. The average molecular weight is 185 g/mol. The van der Waals surface area contributed by atoms with E-state index in [4.69, 9.17) is 16.3 Å². The quantitative estimate of drug-likeness (QED) is 0.660. The Morgan fingerprint density at radius 1 is 1.50 bits per heavy atom.